The standard InChI is InChI=1S/C18H16F2N2O6/c1-25-14-8-10(6-7-13(14)28-18(19)20)16(23)21-22-17(24)15-9-26-11-4-2-3-5-12(11)27-15/h2-8,15,18H,9H2,1H3,(H,21,23)(H,22,24). The van der Waals surface area contributed by atoms with E-state index in [1.807, 2.05) is 0 Å². The fourth-order valence-electron chi connectivity index (χ4n) is 2.42. The molecule has 1 unspecified atom stereocenters. The van der Waals surface area contributed by atoms with Crippen molar-refractivity contribution < 1.29 is 37.3 Å². The summed E-state index contributed by atoms with van der Waals surface area (Å²) in [5.41, 5.74) is 4.50. The van der Waals surface area contributed by atoms with Crippen LogP contribution in [0.25, 0.3) is 0 Å². The van der Waals surface area contributed by atoms with Crippen LogP contribution in [-0.4, -0.2) is 38.2 Å². The summed E-state index contributed by atoms with van der Waals surface area (Å²) >= 11 is 0. The third-order valence-electron chi connectivity index (χ3n) is 3.74. The van der Waals surface area contributed by atoms with Gasteiger partial charge in [0.2, 0.25) is 6.10 Å². The summed E-state index contributed by atoms with van der Waals surface area (Å²) in [7, 11) is 1.25. The fourth-order valence-corrected chi connectivity index (χ4v) is 2.42. The Morgan fingerprint density at radius 3 is 2.57 bits per heavy atom. The summed E-state index contributed by atoms with van der Waals surface area (Å²) in [6.45, 7) is -3.05. The van der Waals surface area contributed by atoms with E-state index in [9.17, 15) is 18.4 Å². The molecular formula is C18H16F2N2O6. The number of ether oxygens (including phenoxy) is 4. The molecule has 2 aromatic rings. The number of benzene rings is 2. The summed E-state index contributed by atoms with van der Waals surface area (Å²) in [4.78, 5) is 24.4. The quantitative estimate of drug-likeness (QED) is 0.753. The number of hydrogen-bond acceptors (Lipinski definition) is 6. The van der Waals surface area contributed by atoms with Crippen molar-refractivity contribution in [3.05, 3.63) is 48.0 Å². The molecule has 2 amide bonds. The molecule has 1 aliphatic heterocycles. The van der Waals surface area contributed by atoms with E-state index < -0.39 is 24.5 Å². The summed E-state index contributed by atoms with van der Waals surface area (Å²) in [5, 5.41) is 0. The van der Waals surface area contributed by atoms with E-state index >= 15 is 0 Å². The third kappa shape index (κ3) is 4.40. The van der Waals surface area contributed by atoms with E-state index in [-0.39, 0.29) is 23.7 Å². The maximum atomic E-state index is 12.3. The Morgan fingerprint density at radius 2 is 1.86 bits per heavy atom. The third-order valence-corrected chi connectivity index (χ3v) is 3.74. The van der Waals surface area contributed by atoms with Crippen molar-refractivity contribution in [2.24, 2.45) is 0 Å². The molecule has 148 valence electrons. The smallest absolute Gasteiger partial charge is 0.387 e. The lowest BCUT2D eigenvalue weighted by Gasteiger charge is -2.25. The van der Waals surface area contributed by atoms with Crippen LogP contribution in [0.2, 0.25) is 0 Å². The van der Waals surface area contributed by atoms with Gasteiger partial charge in [-0.05, 0) is 30.3 Å². The van der Waals surface area contributed by atoms with E-state index in [2.05, 4.69) is 15.6 Å². The number of fused-ring (bicyclic) bond motifs is 1. The van der Waals surface area contributed by atoms with Crippen LogP contribution in [-0.2, 0) is 4.79 Å². The van der Waals surface area contributed by atoms with Gasteiger partial charge in [0.15, 0.2) is 23.0 Å². The molecule has 0 saturated heterocycles. The maximum Gasteiger partial charge on any atom is 0.387 e. The molecule has 3 rings (SSSR count). The first-order valence-corrected chi connectivity index (χ1v) is 8.09. The maximum absolute atomic E-state index is 12.3. The molecule has 0 fully saturated rings. The van der Waals surface area contributed by atoms with Gasteiger partial charge in [-0.15, -0.1) is 0 Å². The summed E-state index contributed by atoms with van der Waals surface area (Å²) < 4.78 is 44.9. The van der Waals surface area contributed by atoms with Crippen LogP contribution in [0, 0.1) is 0 Å². The van der Waals surface area contributed by atoms with Gasteiger partial charge in [-0.1, -0.05) is 12.1 Å². The van der Waals surface area contributed by atoms with Crippen LogP contribution >= 0.6 is 0 Å². The topological polar surface area (TPSA) is 95.1 Å². The minimum atomic E-state index is -3.03. The van der Waals surface area contributed by atoms with Crippen molar-refractivity contribution in [1.82, 2.24) is 10.9 Å². The first kappa shape index (κ1) is 19.2. The lowest BCUT2D eigenvalue weighted by molar-refractivity contribution is -0.131. The Bertz CT molecular complexity index is 877. The average Bonchev–Trinajstić information content (AvgIpc) is 2.71. The number of hydrazine groups is 1. The number of carbonyl (C=O) groups excluding carboxylic acids is 2. The Balaban J connectivity index is 1.59. The highest BCUT2D eigenvalue weighted by Gasteiger charge is 2.27. The van der Waals surface area contributed by atoms with Crippen molar-refractivity contribution >= 4 is 11.8 Å². The van der Waals surface area contributed by atoms with Crippen LogP contribution in [0.15, 0.2) is 42.5 Å². The van der Waals surface area contributed by atoms with E-state index in [1.54, 1.807) is 24.3 Å². The van der Waals surface area contributed by atoms with Crippen molar-refractivity contribution in [3.8, 4) is 23.0 Å². The molecular weight excluding hydrogens is 378 g/mol. The molecule has 0 saturated carbocycles. The van der Waals surface area contributed by atoms with Crippen LogP contribution < -0.4 is 29.8 Å². The van der Waals surface area contributed by atoms with Crippen LogP contribution in [0.1, 0.15) is 10.4 Å². The van der Waals surface area contributed by atoms with E-state index in [4.69, 9.17) is 14.2 Å². The van der Waals surface area contributed by atoms with Gasteiger partial charge < -0.3 is 18.9 Å². The fraction of sp³-hybridized carbons (Fsp3) is 0.222. The van der Waals surface area contributed by atoms with Crippen molar-refractivity contribution in [2.45, 2.75) is 12.7 Å². The Labute approximate surface area is 158 Å². The van der Waals surface area contributed by atoms with E-state index in [0.717, 1.165) is 6.07 Å². The number of methoxy groups -OCH3 is 1. The Hall–Kier alpha value is -3.56. The van der Waals surface area contributed by atoms with Crippen molar-refractivity contribution in [3.63, 3.8) is 0 Å². The molecule has 0 radical (unpaired) electrons. The number of halogens is 2. The van der Waals surface area contributed by atoms with Gasteiger partial charge in [-0.25, -0.2) is 0 Å². The van der Waals surface area contributed by atoms with Crippen molar-refractivity contribution in [1.29, 1.82) is 0 Å². The number of hydrogen-bond donors (Lipinski definition) is 2. The molecule has 1 heterocycles. The molecule has 10 heteroatoms. The summed E-state index contributed by atoms with van der Waals surface area (Å²) in [6, 6.07) is 10.5. The van der Waals surface area contributed by atoms with Gasteiger partial charge in [0.05, 0.1) is 7.11 Å². The Morgan fingerprint density at radius 1 is 1.11 bits per heavy atom. The van der Waals surface area contributed by atoms with Gasteiger partial charge in [-0.3, -0.25) is 20.4 Å². The average molecular weight is 394 g/mol. The molecule has 2 N–H and O–H groups in total. The monoisotopic (exact) mass is 394 g/mol. The highest BCUT2D eigenvalue weighted by molar-refractivity contribution is 5.96. The van der Waals surface area contributed by atoms with Gasteiger partial charge >= 0.3 is 6.61 Å². The largest absolute Gasteiger partial charge is 0.493 e. The van der Waals surface area contributed by atoms with Crippen LogP contribution in [0.5, 0.6) is 23.0 Å². The highest BCUT2D eigenvalue weighted by Crippen LogP contribution is 2.31. The highest BCUT2D eigenvalue weighted by atomic mass is 19.3. The predicted molar refractivity (Wildman–Crippen MR) is 91.6 cm³/mol. The Kier molecular flexibility index (Phi) is 5.78. The molecule has 0 spiro atoms. The second kappa shape index (κ2) is 8.42. The van der Waals surface area contributed by atoms with Gasteiger partial charge in [0.1, 0.15) is 6.61 Å². The molecule has 0 aromatic heterocycles. The minimum absolute atomic E-state index is 0.0216. The number of nitrogens with one attached hydrogen (secondary N) is 2. The molecule has 0 aliphatic carbocycles. The predicted octanol–water partition coefficient (Wildman–Crippen LogP) is 1.90. The zero-order valence-corrected chi connectivity index (χ0v) is 14.6. The van der Waals surface area contributed by atoms with Crippen molar-refractivity contribution in [2.75, 3.05) is 13.7 Å². The lowest BCUT2D eigenvalue weighted by Crippen LogP contribution is -2.50. The number of rotatable bonds is 5. The molecule has 1 atom stereocenters. The zero-order chi connectivity index (χ0) is 20.1. The number of alkyl halides is 2. The van der Waals surface area contributed by atoms with Gasteiger partial charge in [0.25, 0.3) is 11.8 Å². The molecule has 28 heavy (non-hydrogen) atoms. The second-order valence-electron chi connectivity index (χ2n) is 5.55. The molecule has 2 aromatic carbocycles. The van der Waals surface area contributed by atoms with E-state index in [0.29, 0.717) is 11.5 Å². The lowest BCUT2D eigenvalue weighted by atomic mass is 10.2. The molecule has 0 bridgehead atoms. The second-order valence-corrected chi connectivity index (χ2v) is 5.55. The summed E-state index contributed by atoms with van der Waals surface area (Å²) in [5.74, 6) is -0.641. The van der Waals surface area contributed by atoms with Gasteiger partial charge in [-0.2, -0.15) is 8.78 Å². The van der Waals surface area contributed by atoms with E-state index in [1.165, 1.54) is 19.2 Å². The normalized spacial score (nSPS) is 14.9. The van der Waals surface area contributed by atoms with Crippen LogP contribution in [0.4, 0.5) is 8.78 Å². The molecule has 8 nitrogen and oxygen atoms in total. The van der Waals surface area contributed by atoms with Gasteiger partial charge in [0, 0.05) is 5.56 Å². The first-order chi connectivity index (χ1) is 13.5. The first-order valence-electron chi connectivity index (χ1n) is 8.09. The summed E-state index contributed by atoms with van der Waals surface area (Å²) in [6.07, 6.45) is -0.952. The number of carbonyl (C=O) groups is 2. The number of para-hydroxylation sites is 2. The molecule has 1 aliphatic rings. The zero-order valence-electron chi connectivity index (χ0n) is 14.6. The van der Waals surface area contributed by atoms with Crippen LogP contribution in [0.3, 0.4) is 0 Å². The minimum Gasteiger partial charge on any atom is -0.493 e. The number of amides is 2. The SMILES string of the molecule is COc1cc(C(=O)NNC(=O)C2COc3ccccc3O2)ccc1OC(F)F.